The van der Waals surface area contributed by atoms with E-state index in [9.17, 15) is 14.9 Å². The zero-order valence-electron chi connectivity index (χ0n) is 18.3. The maximum absolute atomic E-state index is 13.5. The summed E-state index contributed by atoms with van der Waals surface area (Å²) in [6.45, 7) is 1.71. The largest absolute Gasteiger partial charge is 0.497 e. The van der Waals surface area contributed by atoms with Crippen LogP contribution in [0.4, 0.5) is 0 Å². The highest BCUT2D eigenvalue weighted by Crippen LogP contribution is 2.34. The first-order valence-corrected chi connectivity index (χ1v) is 11.4. The number of aryl methyl sites for hydroxylation is 1. The van der Waals surface area contributed by atoms with E-state index >= 15 is 0 Å². The Morgan fingerprint density at radius 2 is 1.91 bits per heavy atom. The molecule has 0 fully saturated rings. The van der Waals surface area contributed by atoms with Gasteiger partial charge >= 0.3 is 0 Å². The summed E-state index contributed by atoms with van der Waals surface area (Å²) in [6.07, 6.45) is 1.68. The molecule has 10 heteroatoms. The van der Waals surface area contributed by atoms with Crippen molar-refractivity contribution in [3.05, 3.63) is 86.9 Å². The number of primary amides is 1. The van der Waals surface area contributed by atoms with Crippen LogP contribution in [-0.2, 0) is 4.79 Å². The van der Waals surface area contributed by atoms with Crippen molar-refractivity contribution in [2.24, 2.45) is 11.7 Å². The van der Waals surface area contributed by atoms with Crippen molar-refractivity contribution in [3.8, 4) is 27.4 Å². The molecule has 0 saturated heterocycles. The predicted octanol–water partition coefficient (Wildman–Crippen LogP) is 4.02. The zero-order chi connectivity index (χ0) is 24.4. The van der Waals surface area contributed by atoms with E-state index in [1.165, 1.54) is 16.0 Å². The fourth-order valence-electron chi connectivity index (χ4n) is 3.82. The highest BCUT2D eigenvalue weighted by molar-refractivity contribution is 7.17. The van der Waals surface area contributed by atoms with Gasteiger partial charge < -0.3 is 10.5 Å². The van der Waals surface area contributed by atoms with E-state index in [1.54, 1.807) is 44.5 Å². The number of H-pyrrole nitrogens is 1. The predicted molar refractivity (Wildman–Crippen MR) is 130 cm³/mol. The number of nitrogens with two attached hydrogens (primary N) is 1. The van der Waals surface area contributed by atoms with E-state index in [4.69, 9.17) is 22.1 Å². The van der Waals surface area contributed by atoms with Gasteiger partial charge in [0, 0.05) is 28.4 Å². The molecule has 172 valence electrons. The minimum absolute atomic E-state index is 0.272. The van der Waals surface area contributed by atoms with Crippen molar-refractivity contribution in [2.45, 2.75) is 12.8 Å². The van der Waals surface area contributed by atoms with E-state index in [0.717, 1.165) is 16.2 Å². The number of rotatable bonds is 7. The first-order chi connectivity index (χ1) is 16.3. The number of halogens is 1. The van der Waals surface area contributed by atoms with Crippen LogP contribution >= 0.6 is 22.9 Å². The van der Waals surface area contributed by atoms with Crippen LogP contribution < -0.4 is 16.0 Å². The molecule has 2 heterocycles. The van der Waals surface area contributed by atoms with Crippen LogP contribution in [0.25, 0.3) is 15.6 Å². The molecule has 0 unspecified atom stereocenters. The van der Waals surface area contributed by atoms with Crippen LogP contribution in [0.5, 0.6) is 5.75 Å². The third kappa shape index (κ3) is 4.33. The van der Waals surface area contributed by atoms with Crippen LogP contribution in [0.15, 0.2) is 59.5 Å². The molecule has 2 aromatic heterocycles. The van der Waals surface area contributed by atoms with Crippen LogP contribution in [0, 0.1) is 24.2 Å². The number of aromatic nitrogens is 3. The Hall–Kier alpha value is -3.87. The number of carbonyl (C=O) groups excluding carboxylic acids is 1. The molecule has 0 radical (unpaired) electrons. The second-order valence-electron chi connectivity index (χ2n) is 7.56. The first kappa shape index (κ1) is 23.3. The molecule has 0 bridgehead atoms. The standard InChI is InChI=1S/C24H20ClN5O3S/c1-13-20(21(18(11-26)22(27)31)15-3-7-16(25)8-4-15)23(32)30(29-13)24-28-12-19(34-24)14-5-9-17(33-2)10-6-14/h3-10,12,18,21,29H,1-2H3,(H2,27,31)/t18-,21-/m1/s1. The van der Waals surface area contributed by atoms with Crippen molar-refractivity contribution in [3.63, 3.8) is 0 Å². The lowest BCUT2D eigenvalue weighted by Gasteiger charge is -2.19. The summed E-state index contributed by atoms with van der Waals surface area (Å²) in [7, 11) is 1.60. The molecule has 0 aliphatic heterocycles. The van der Waals surface area contributed by atoms with E-state index in [0.29, 0.717) is 21.4 Å². The van der Waals surface area contributed by atoms with E-state index in [-0.39, 0.29) is 5.56 Å². The molecule has 2 aromatic carbocycles. The molecule has 4 rings (SSSR count). The number of carbonyl (C=O) groups is 1. The normalized spacial score (nSPS) is 12.6. The lowest BCUT2D eigenvalue weighted by molar-refractivity contribution is -0.120. The highest BCUT2D eigenvalue weighted by Gasteiger charge is 2.34. The Labute approximate surface area is 204 Å². The second-order valence-corrected chi connectivity index (χ2v) is 9.01. The molecule has 2 atom stereocenters. The van der Waals surface area contributed by atoms with E-state index in [1.807, 2.05) is 30.3 Å². The van der Waals surface area contributed by atoms with Gasteiger partial charge in [0.05, 0.1) is 18.1 Å². The Morgan fingerprint density at radius 1 is 1.24 bits per heavy atom. The summed E-state index contributed by atoms with van der Waals surface area (Å²) in [5.74, 6) is -2.19. The van der Waals surface area contributed by atoms with Crippen LogP contribution in [0.2, 0.25) is 5.02 Å². The Balaban J connectivity index is 1.80. The molecule has 0 spiro atoms. The zero-order valence-corrected chi connectivity index (χ0v) is 19.9. The summed E-state index contributed by atoms with van der Waals surface area (Å²) in [5.41, 5.74) is 7.42. The average molecular weight is 494 g/mol. The van der Waals surface area contributed by atoms with Crippen LogP contribution in [0.1, 0.15) is 22.7 Å². The number of hydrogen-bond donors (Lipinski definition) is 2. The fraction of sp³-hybridized carbons (Fsp3) is 0.167. The summed E-state index contributed by atoms with van der Waals surface area (Å²) < 4.78 is 6.52. The second kappa shape index (κ2) is 9.55. The van der Waals surface area contributed by atoms with Gasteiger partial charge in [-0.1, -0.05) is 35.1 Å². The summed E-state index contributed by atoms with van der Waals surface area (Å²) in [5, 5.41) is 13.7. The van der Waals surface area contributed by atoms with E-state index < -0.39 is 23.3 Å². The Morgan fingerprint density at radius 3 is 2.50 bits per heavy atom. The molecular weight excluding hydrogens is 474 g/mol. The maximum Gasteiger partial charge on any atom is 0.277 e. The van der Waals surface area contributed by atoms with Gasteiger partial charge in [0.1, 0.15) is 11.7 Å². The highest BCUT2D eigenvalue weighted by atomic mass is 35.5. The van der Waals surface area contributed by atoms with Gasteiger partial charge in [0.15, 0.2) is 0 Å². The van der Waals surface area contributed by atoms with Gasteiger partial charge in [-0.3, -0.25) is 14.7 Å². The SMILES string of the molecule is COc1ccc(-c2cnc(-n3[nH]c(C)c([C@H](c4ccc(Cl)cc4)[C@@H](C#N)C(N)=O)c3=O)s2)cc1. The lowest BCUT2D eigenvalue weighted by atomic mass is 9.81. The average Bonchev–Trinajstić information content (AvgIpc) is 3.43. The Bertz CT molecular complexity index is 1430. The third-order valence-electron chi connectivity index (χ3n) is 5.50. The summed E-state index contributed by atoms with van der Waals surface area (Å²) in [6, 6.07) is 16.1. The molecule has 1 amide bonds. The van der Waals surface area contributed by atoms with Crippen molar-refractivity contribution in [1.29, 1.82) is 5.26 Å². The first-order valence-electron chi connectivity index (χ1n) is 10.2. The molecule has 34 heavy (non-hydrogen) atoms. The van der Waals surface area contributed by atoms with Crippen molar-refractivity contribution < 1.29 is 9.53 Å². The van der Waals surface area contributed by atoms with Crippen molar-refractivity contribution in [2.75, 3.05) is 7.11 Å². The number of aromatic amines is 1. The number of hydrogen-bond acceptors (Lipinski definition) is 6. The van der Waals surface area contributed by atoms with E-state index in [2.05, 4.69) is 10.1 Å². The number of nitriles is 1. The quantitative estimate of drug-likeness (QED) is 0.402. The number of thiazole rings is 1. The molecule has 0 aliphatic rings. The number of nitrogens with one attached hydrogen (secondary N) is 1. The van der Waals surface area contributed by atoms with Gasteiger partial charge in [-0.05, 0) is 54.4 Å². The monoisotopic (exact) mass is 493 g/mol. The van der Waals surface area contributed by atoms with Gasteiger partial charge in [0.2, 0.25) is 11.0 Å². The number of ether oxygens (including phenoxy) is 1. The van der Waals surface area contributed by atoms with Gasteiger partial charge in [0.25, 0.3) is 5.56 Å². The van der Waals surface area contributed by atoms with Gasteiger partial charge in [-0.25, -0.2) is 4.98 Å². The number of methoxy groups -OCH3 is 1. The molecular formula is C24H20ClN5O3S. The lowest BCUT2D eigenvalue weighted by Crippen LogP contribution is -2.31. The van der Waals surface area contributed by atoms with Crippen LogP contribution in [-0.4, -0.2) is 27.8 Å². The van der Waals surface area contributed by atoms with Crippen molar-refractivity contribution >= 4 is 28.8 Å². The number of benzene rings is 2. The minimum Gasteiger partial charge on any atom is -0.497 e. The van der Waals surface area contributed by atoms with Gasteiger partial charge in [-0.15, -0.1) is 0 Å². The number of amides is 1. The Kier molecular flexibility index (Phi) is 6.54. The summed E-state index contributed by atoms with van der Waals surface area (Å²) >= 11 is 7.34. The molecule has 0 saturated carbocycles. The van der Waals surface area contributed by atoms with Crippen LogP contribution in [0.3, 0.4) is 0 Å². The van der Waals surface area contributed by atoms with Crippen molar-refractivity contribution in [1.82, 2.24) is 14.8 Å². The topological polar surface area (TPSA) is 127 Å². The molecule has 4 aromatic rings. The number of nitrogens with zero attached hydrogens (tertiary/aromatic N) is 3. The maximum atomic E-state index is 13.5. The fourth-order valence-corrected chi connectivity index (χ4v) is 4.82. The van der Waals surface area contributed by atoms with Gasteiger partial charge in [-0.2, -0.15) is 9.94 Å². The minimum atomic E-state index is -1.25. The molecule has 3 N–H and O–H groups in total. The summed E-state index contributed by atoms with van der Waals surface area (Å²) in [4.78, 5) is 30.9. The smallest absolute Gasteiger partial charge is 0.277 e. The molecule has 0 aliphatic carbocycles. The third-order valence-corrected chi connectivity index (χ3v) is 6.78. The molecule has 8 nitrogen and oxygen atoms in total.